The molecule has 0 N–H and O–H groups in total. The molecule has 156 valence electrons. The van der Waals surface area contributed by atoms with Crippen LogP contribution in [0, 0.1) is 18.8 Å². The van der Waals surface area contributed by atoms with Crippen LogP contribution < -0.4 is 0 Å². The van der Waals surface area contributed by atoms with Gasteiger partial charge in [-0.3, -0.25) is 9.59 Å². The number of carbonyl (C=O) groups excluding carboxylic acids is 2. The fourth-order valence-electron chi connectivity index (χ4n) is 3.99. The summed E-state index contributed by atoms with van der Waals surface area (Å²) < 4.78 is 0. The number of benzene rings is 1. The number of fused-ring (bicyclic) bond motifs is 1. The number of amides is 2. The second-order valence-electron chi connectivity index (χ2n) is 8.72. The van der Waals surface area contributed by atoms with Gasteiger partial charge in [-0.2, -0.15) is 0 Å². The predicted octanol–water partition coefficient (Wildman–Crippen LogP) is 4.67. The summed E-state index contributed by atoms with van der Waals surface area (Å²) in [4.78, 5) is 31.2. The van der Waals surface area contributed by atoms with Gasteiger partial charge in [0.2, 0.25) is 11.8 Å². The van der Waals surface area contributed by atoms with Gasteiger partial charge >= 0.3 is 0 Å². The highest BCUT2D eigenvalue weighted by atomic mass is 32.1. The van der Waals surface area contributed by atoms with Gasteiger partial charge in [0.05, 0.1) is 12.6 Å². The number of hydrogen-bond acceptors (Lipinski definition) is 3. The van der Waals surface area contributed by atoms with E-state index in [1.165, 1.54) is 16.0 Å². The van der Waals surface area contributed by atoms with E-state index < -0.39 is 0 Å². The number of thiophene rings is 1. The summed E-state index contributed by atoms with van der Waals surface area (Å²) in [7, 11) is 0. The largest absolute Gasteiger partial charge is 0.333 e. The molecule has 2 heterocycles. The minimum atomic E-state index is -0.112. The van der Waals surface area contributed by atoms with E-state index in [0.29, 0.717) is 19.0 Å². The molecular weight excluding hydrogens is 380 g/mol. The van der Waals surface area contributed by atoms with Crippen LogP contribution in [-0.2, 0) is 16.0 Å². The minimum Gasteiger partial charge on any atom is -0.333 e. The van der Waals surface area contributed by atoms with Crippen molar-refractivity contribution < 1.29 is 9.59 Å². The van der Waals surface area contributed by atoms with Gasteiger partial charge in [0.25, 0.3) is 0 Å². The summed E-state index contributed by atoms with van der Waals surface area (Å²) in [5.41, 5.74) is 3.57. The first-order chi connectivity index (χ1) is 13.8. The lowest BCUT2D eigenvalue weighted by Crippen LogP contribution is -2.48. The van der Waals surface area contributed by atoms with Gasteiger partial charge < -0.3 is 9.80 Å². The Kier molecular flexibility index (Phi) is 6.78. The minimum absolute atomic E-state index is 0.0297. The molecule has 1 atom stereocenters. The van der Waals surface area contributed by atoms with Crippen molar-refractivity contribution in [2.45, 2.75) is 47.1 Å². The maximum absolute atomic E-state index is 13.4. The van der Waals surface area contributed by atoms with Crippen LogP contribution in [0.25, 0.3) is 0 Å². The Morgan fingerprint density at radius 3 is 2.45 bits per heavy atom. The Morgan fingerprint density at radius 1 is 1.14 bits per heavy atom. The maximum Gasteiger partial charge on any atom is 0.242 e. The smallest absolute Gasteiger partial charge is 0.242 e. The Labute approximate surface area is 178 Å². The average Bonchev–Trinajstić information content (AvgIpc) is 3.15. The molecule has 0 aliphatic carbocycles. The Bertz CT molecular complexity index is 854. The van der Waals surface area contributed by atoms with E-state index >= 15 is 0 Å². The molecule has 2 aromatic rings. The molecule has 4 nitrogen and oxygen atoms in total. The first-order valence-corrected chi connectivity index (χ1v) is 11.4. The van der Waals surface area contributed by atoms with E-state index in [1.807, 2.05) is 18.7 Å². The molecule has 1 aliphatic rings. The molecular formula is C24H32N2O2S. The number of carbonyl (C=O) groups is 2. The van der Waals surface area contributed by atoms with Crippen molar-refractivity contribution in [2.75, 3.05) is 19.6 Å². The molecule has 1 aromatic carbocycles. The molecule has 1 aromatic heterocycles. The van der Waals surface area contributed by atoms with Crippen molar-refractivity contribution in [3.8, 4) is 0 Å². The molecule has 1 aliphatic heterocycles. The van der Waals surface area contributed by atoms with Crippen molar-refractivity contribution in [2.24, 2.45) is 11.8 Å². The standard InChI is InChI=1S/C24H32N2O2S/c1-16(2)14-25(24(28)17(3)4)15-22(27)26-12-10-21-20(11-13-29-21)23(26)19-8-6-18(5)7-9-19/h6-9,11,13,16-17,23H,10,12,14-15H2,1-5H3. The molecule has 0 radical (unpaired) electrons. The SMILES string of the molecule is Cc1ccc(C2c3ccsc3CCN2C(=O)CN(CC(C)C)C(=O)C(C)C)cc1. The van der Waals surface area contributed by atoms with Crippen molar-refractivity contribution in [3.05, 3.63) is 57.3 Å². The topological polar surface area (TPSA) is 40.6 Å². The Morgan fingerprint density at radius 2 is 1.83 bits per heavy atom. The maximum atomic E-state index is 13.4. The van der Waals surface area contributed by atoms with Crippen LogP contribution in [0.4, 0.5) is 0 Å². The molecule has 0 fully saturated rings. The summed E-state index contributed by atoms with van der Waals surface area (Å²) in [6.45, 7) is 11.5. The first-order valence-electron chi connectivity index (χ1n) is 10.5. The zero-order chi connectivity index (χ0) is 21.1. The van der Waals surface area contributed by atoms with E-state index in [-0.39, 0.29) is 30.3 Å². The normalized spacial score (nSPS) is 16.2. The van der Waals surface area contributed by atoms with Gasteiger partial charge in [0.1, 0.15) is 0 Å². The van der Waals surface area contributed by atoms with Crippen LogP contribution >= 0.6 is 11.3 Å². The molecule has 0 spiro atoms. The van der Waals surface area contributed by atoms with Crippen LogP contribution in [0.2, 0.25) is 0 Å². The summed E-state index contributed by atoms with van der Waals surface area (Å²) in [6.07, 6.45) is 0.878. The lowest BCUT2D eigenvalue weighted by molar-refractivity contribution is -0.143. The fourth-order valence-corrected chi connectivity index (χ4v) is 4.89. The van der Waals surface area contributed by atoms with Crippen LogP contribution in [0.5, 0.6) is 0 Å². The van der Waals surface area contributed by atoms with Crippen molar-refractivity contribution in [1.82, 2.24) is 9.80 Å². The predicted molar refractivity (Wildman–Crippen MR) is 119 cm³/mol. The third-order valence-corrected chi connectivity index (χ3v) is 6.39. The zero-order valence-electron chi connectivity index (χ0n) is 18.1. The fraction of sp³-hybridized carbons (Fsp3) is 0.500. The van der Waals surface area contributed by atoms with E-state index in [0.717, 1.165) is 12.0 Å². The Balaban J connectivity index is 1.89. The second-order valence-corrected chi connectivity index (χ2v) is 9.72. The van der Waals surface area contributed by atoms with Crippen LogP contribution in [0.1, 0.15) is 55.3 Å². The van der Waals surface area contributed by atoms with Crippen LogP contribution in [-0.4, -0.2) is 41.2 Å². The lowest BCUT2D eigenvalue weighted by atomic mass is 9.92. The van der Waals surface area contributed by atoms with Gasteiger partial charge in [-0.15, -0.1) is 11.3 Å². The molecule has 5 heteroatoms. The van der Waals surface area contributed by atoms with Gasteiger partial charge in [0, 0.05) is 23.9 Å². The first kappa shape index (κ1) is 21.6. The molecule has 1 unspecified atom stereocenters. The van der Waals surface area contributed by atoms with Crippen molar-refractivity contribution >= 4 is 23.2 Å². The van der Waals surface area contributed by atoms with E-state index in [9.17, 15) is 9.59 Å². The molecule has 0 saturated carbocycles. The monoisotopic (exact) mass is 412 g/mol. The van der Waals surface area contributed by atoms with Crippen molar-refractivity contribution in [3.63, 3.8) is 0 Å². The summed E-state index contributed by atoms with van der Waals surface area (Å²) in [5.74, 6) is 0.289. The quantitative estimate of drug-likeness (QED) is 0.692. The highest BCUT2D eigenvalue weighted by Gasteiger charge is 2.34. The third kappa shape index (κ3) is 4.89. The summed E-state index contributed by atoms with van der Waals surface area (Å²) in [6, 6.07) is 10.5. The van der Waals surface area contributed by atoms with E-state index in [2.05, 4.69) is 56.5 Å². The highest BCUT2D eigenvalue weighted by Crippen LogP contribution is 2.38. The van der Waals surface area contributed by atoms with Crippen LogP contribution in [0.15, 0.2) is 35.7 Å². The van der Waals surface area contributed by atoms with Gasteiger partial charge in [-0.1, -0.05) is 57.5 Å². The molecule has 3 rings (SSSR count). The average molecular weight is 413 g/mol. The highest BCUT2D eigenvalue weighted by molar-refractivity contribution is 7.10. The van der Waals surface area contributed by atoms with Crippen LogP contribution in [0.3, 0.4) is 0 Å². The number of rotatable bonds is 6. The zero-order valence-corrected chi connectivity index (χ0v) is 19.0. The number of aryl methyl sites for hydroxylation is 1. The lowest BCUT2D eigenvalue weighted by Gasteiger charge is -2.38. The number of nitrogens with zero attached hydrogens (tertiary/aromatic N) is 2. The summed E-state index contributed by atoms with van der Waals surface area (Å²) in [5, 5.41) is 2.12. The van der Waals surface area contributed by atoms with Gasteiger partial charge in [-0.25, -0.2) is 0 Å². The van der Waals surface area contributed by atoms with Crippen molar-refractivity contribution in [1.29, 1.82) is 0 Å². The third-order valence-electron chi connectivity index (χ3n) is 5.40. The van der Waals surface area contributed by atoms with Gasteiger partial charge in [0.15, 0.2) is 0 Å². The number of hydrogen-bond donors (Lipinski definition) is 0. The summed E-state index contributed by atoms with van der Waals surface area (Å²) >= 11 is 1.77. The van der Waals surface area contributed by atoms with Gasteiger partial charge in [-0.05, 0) is 41.8 Å². The molecule has 0 saturated heterocycles. The second kappa shape index (κ2) is 9.12. The molecule has 0 bridgehead atoms. The van der Waals surface area contributed by atoms with E-state index in [4.69, 9.17) is 0 Å². The molecule has 2 amide bonds. The molecule has 29 heavy (non-hydrogen) atoms. The van der Waals surface area contributed by atoms with E-state index in [1.54, 1.807) is 16.2 Å². The Hall–Kier alpha value is -2.14.